The molecule has 0 aliphatic carbocycles. The smallest absolute Gasteiger partial charge is 0.142 e. The Morgan fingerprint density at radius 3 is 2.71 bits per heavy atom. The summed E-state index contributed by atoms with van der Waals surface area (Å²) in [6, 6.07) is 4.53. The normalized spacial score (nSPS) is 16.4. The summed E-state index contributed by atoms with van der Waals surface area (Å²) in [5.41, 5.74) is 2.06. The van der Waals surface area contributed by atoms with Gasteiger partial charge in [-0.3, -0.25) is 9.88 Å². The first-order chi connectivity index (χ1) is 10.1. The monoisotopic (exact) mass is 291 g/mol. The van der Waals surface area contributed by atoms with E-state index in [4.69, 9.17) is 4.74 Å². The number of hydrogen-bond acceptors (Lipinski definition) is 4. The van der Waals surface area contributed by atoms with E-state index < -0.39 is 0 Å². The van der Waals surface area contributed by atoms with E-state index in [0.29, 0.717) is 6.04 Å². The van der Waals surface area contributed by atoms with Gasteiger partial charge in [0.15, 0.2) is 0 Å². The van der Waals surface area contributed by atoms with Crippen molar-refractivity contribution in [3.05, 3.63) is 23.5 Å². The van der Waals surface area contributed by atoms with Crippen LogP contribution in [0.25, 0.3) is 0 Å². The van der Waals surface area contributed by atoms with E-state index in [2.05, 4.69) is 35.1 Å². The number of pyridine rings is 1. The molecule has 21 heavy (non-hydrogen) atoms. The van der Waals surface area contributed by atoms with Crippen LogP contribution in [0.1, 0.15) is 44.5 Å². The quantitative estimate of drug-likeness (QED) is 0.838. The largest absolute Gasteiger partial charge is 0.490 e. The van der Waals surface area contributed by atoms with Crippen LogP contribution in [0.3, 0.4) is 0 Å². The Morgan fingerprint density at radius 1 is 1.24 bits per heavy atom. The molecule has 118 valence electrons. The molecule has 0 amide bonds. The molecule has 1 aliphatic rings. The van der Waals surface area contributed by atoms with Crippen molar-refractivity contribution in [2.75, 3.05) is 26.2 Å². The Hall–Kier alpha value is -1.13. The van der Waals surface area contributed by atoms with Gasteiger partial charge < -0.3 is 10.1 Å². The molecule has 0 bridgehead atoms. The highest BCUT2D eigenvalue weighted by molar-refractivity contribution is 5.29. The summed E-state index contributed by atoms with van der Waals surface area (Å²) in [5, 5.41) is 3.42. The molecule has 2 heterocycles. The number of hydrogen-bond donors (Lipinski definition) is 1. The van der Waals surface area contributed by atoms with Crippen molar-refractivity contribution in [1.82, 2.24) is 15.2 Å². The van der Waals surface area contributed by atoms with Crippen molar-refractivity contribution in [2.24, 2.45) is 0 Å². The van der Waals surface area contributed by atoms with Crippen LogP contribution in [-0.2, 0) is 6.54 Å². The summed E-state index contributed by atoms with van der Waals surface area (Å²) in [6.45, 7) is 11.3. The molecule has 0 radical (unpaired) electrons. The lowest BCUT2D eigenvalue weighted by atomic mass is 10.1. The molecule has 0 unspecified atom stereocenters. The molecule has 1 aromatic rings. The molecule has 1 fully saturated rings. The van der Waals surface area contributed by atoms with Gasteiger partial charge in [-0.05, 0) is 45.0 Å². The Labute approximate surface area is 128 Å². The molecule has 1 saturated heterocycles. The highest BCUT2D eigenvalue weighted by atomic mass is 16.5. The van der Waals surface area contributed by atoms with Crippen LogP contribution in [0.4, 0.5) is 0 Å². The standard InChI is InChI=1S/C17H29N3O/c1-14(2)18-13-16-17(8-7-15(3)19-16)21-12-11-20-9-5-4-6-10-20/h7-8,14,18H,4-6,9-13H2,1-3H3. The Morgan fingerprint density at radius 2 is 2.00 bits per heavy atom. The fourth-order valence-corrected chi connectivity index (χ4v) is 2.62. The van der Waals surface area contributed by atoms with Crippen molar-refractivity contribution < 1.29 is 4.74 Å². The van der Waals surface area contributed by atoms with Crippen molar-refractivity contribution >= 4 is 0 Å². The number of piperidine rings is 1. The van der Waals surface area contributed by atoms with Crippen LogP contribution in [0, 0.1) is 6.92 Å². The van der Waals surface area contributed by atoms with Crippen molar-refractivity contribution in [3.63, 3.8) is 0 Å². The number of ether oxygens (including phenoxy) is 1. The molecule has 4 nitrogen and oxygen atoms in total. The third-order valence-corrected chi connectivity index (χ3v) is 3.86. The number of aromatic nitrogens is 1. The number of nitrogens with one attached hydrogen (secondary N) is 1. The average molecular weight is 291 g/mol. The molecule has 1 N–H and O–H groups in total. The van der Waals surface area contributed by atoms with Gasteiger partial charge in [-0.1, -0.05) is 20.3 Å². The van der Waals surface area contributed by atoms with E-state index in [1.807, 2.05) is 13.0 Å². The summed E-state index contributed by atoms with van der Waals surface area (Å²) < 4.78 is 5.98. The van der Waals surface area contributed by atoms with Gasteiger partial charge in [-0.2, -0.15) is 0 Å². The van der Waals surface area contributed by atoms with Gasteiger partial charge in [0.2, 0.25) is 0 Å². The SMILES string of the molecule is Cc1ccc(OCCN2CCCCC2)c(CNC(C)C)n1. The lowest BCUT2D eigenvalue weighted by molar-refractivity contribution is 0.182. The van der Waals surface area contributed by atoms with Crippen LogP contribution >= 0.6 is 0 Å². The van der Waals surface area contributed by atoms with E-state index in [1.54, 1.807) is 0 Å². The zero-order chi connectivity index (χ0) is 15.1. The highest BCUT2D eigenvalue weighted by Crippen LogP contribution is 2.17. The second-order valence-electron chi connectivity index (χ2n) is 6.18. The lowest BCUT2D eigenvalue weighted by Gasteiger charge is -2.26. The lowest BCUT2D eigenvalue weighted by Crippen LogP contribution is -2.33. The van der Waals surface area contributed by atoms with Gasteiger partial charge in [0.1, 0.15) is 12.4 Å². The van der Waals surface area contributed by atoms with Crippen LogP contribution in [0.2, 0.25) is 0 Å². The van der Waals surface area contributed by atoms with Crippen LogP contribution in [0.5, 0.6) is 5.75 Å². The third-order valence-electron chi connectivity index (χ3n) is 3.86. The van der Waals surface area contributed by atoms with Gasteiger partial charge in [0.05, 0.1) is 5.69 Å². The van der Waals surface area contributed by atoms with Gasteiger partial charge in [-0.25, -0.2) is 0 Å². The molecule has 1 aromatic heterocycles. The van der Waals surface area contributed by atoms with E-state index in [9.17, 15) is 0 Å². The minimum Gasteiger partial charge on any atom is -0.490 e. The molecular weight excluding hydrogens is 262 g/mol. The van der Waals surface area contributed by atoms with E-state index in [0.717, 1.165) is 36.8 Å². The fourth-order valence-electron chi connectivity index (χ4n) is 2.62. The fraction of sp³-hybridized carbons (Fsp3) is 0.706. The topological polar surface area (TPSA) is 37.4 Å². The highest BCUT2D eigenvalue weighted by Gasteiger charge is 2.11. The van der Waals surface area contributed by atoms with E-state index in [-0.39, 0.29) is 0 Å². The predicted molar refractivity (Wildman–Crippen MR) is 86.7 cm³/mol. The molecule has 1 aliphatic heterocycles. The first-order valence-corrected chi connectivity index (χ1v) is 8.20. The number of rotatable bonds is 7. The summed E-state index contributed by atoms with van der Waals surface area (Å²) in [4.78, 5) is 7.11. The second-order valence-corrected chi connectivity index (χ2v) is 6.18. The van der Waals surface area contributed by atoms with Crippen molar-refractivity contribution in [1.29, 1.82) is 0 Å². The van der Waals surface area contributed by atoms with Crippen LogP contribution < -0.4 is 10.1 Å². The maximum Gasteiger partial charge on any atom is 0.142 e. The minimum absolute atomic E-state index is 0.452. The molecule has 0 atom stereocenters. The number of nitrogens with zero attached hydrogens (tertiary/aromatic N) is 2. The minimum atomic E-state index is 0.452. The maximum absolute atomic E-state index is 5.98. The average Bonchev–Trinajstić information content (AvgIpc) is 2.48. The van der Waals surface area contributed by atoms with E-state index in [1.165, 1.54) is 32.4 Å². The van der Waals surface area contributed by atoms with Crippen molar-refractivity contribution in [2.45, 2.75) is 52.6 Å². The van der Waals surface area contributed by atoms with Gasteiger partial charge >= 0.3 is 0 Å². The molecule has 0 spiro atoms. The summed E-state index contributed by atoms with van der Waals surface area (Å²) in [7, 11) is 0. The molecule has 2 rings (SSSR count). The van der Waals surface area contributed by atoms with Crippen LogP contribution in [0.15, 0.2) is 12.1 Å². The maximum atomic E-state index is 5.98. The Bertz CT molecular complexity index is 428. The number of aryl methyl sites for hydroxylation is 1. The van der Waals surface area contributed by atoms with E-state index >= 15 is 0 Å². The summed E-state index contributed by atoms with van der Waals surface area (Å²) in [6.07, 6.45) is 4.04. The first-order valence-electron chi connectivity index (χ1n) is 8.20. The Balaban J connectivity index is 1.85. The van der Waals surface area contributed by atoms with Crippen LogP contribution in [-0.4, -0.2) is 42.2 Å². The van der Waals surface area contributed by atoms with Crippen molar-refractivity contribution in [3.8, 4) is 5.75 Å². The summed E-state index contributed by atoms with van der Waals surface area (Å²) >= 11 is 0. The Kier molecular flexibility index (Phi) is 6.46. The third kappa shape index (κ3) is 5.64. The first kappa shape index (κ1) is 16.2. The summed E-state index contributed by atoms with van der Waals surface area (Å²) in [5.74, 6) is 0.922. The molecular formula is C17H29N3O. The molecule has 4 heteroatoms. The molecule has 0 aromatic carbocycles. The zero-order valence-corrected chi connectivity index (χ0v) is 13.7. The second kappa shape index (κ2) is 8.35. The van der Waals surface area contributed by atoms with Gasteiger partial charge in [-0.15, -0.1) is 0 Å². The van der Waals surface area contributed by atoms with Gasteiger partial charge in [0.25, 0.3) is 0 Å². The predicted octanol–water partition coefficient (Wildman–Crippen LogP) is 2.75. The molecule has 0 saturated carbocycles. The zero-order valence-electron chi connectivity index (χ0n) is 13.7. The van der Waals surface area contributed by atoms with Gasteiger partial charge in [0, 0.05) is 24.8 Å². The number of likely N-dealkylation sites (tertiary alicyclic amines) is 1.